The number of morpholine rings is 1. The van der Waals surface area contributed by atoms with E-state index in [1.807, 2.05) is 19.9 Å². The summed E-state index contributed by atoms with van der Waals surface area (Å²) in [5.41, 5.74) is 0. The van der Waals surface area contributed by atoms with Crippen molar-refractivity contribution in [2.75, 3.05) is 19.7 Å². The van der Waals surface area contributed by atoms with Crippen LogP contribution >= 0.6 is 0 Å². The highest BCUT2D eigenvalue weighted by Crippen LogP contribution is 2.09. The van der Waals surface area contributed by atoms with Gasteiger partial charge in [0.2, 0.25) is 5.91 Å². The molecule has 0 aromatic heterocycles. The van der Waals surface area contributed by atoms with Gasteiger partial charge in [-0.3, -0.25) is 4.79 Å². The number of hydrogen-bond acceptors (Lipinski definition) is 3. The van der Waals surface area contributed by atoms with Crippen LogP contribution in [0, 0.1) is 17.2 Å². The summed E-state index contributed by atoms with van der Waals surface area (Å²) < 4.78 is 5.16. The molecule has 1 fully saturated rings. The van der Waals surface area contributed by atoms with Gasteiger partial charge in [-0.05, 0) is 5.92 Å². The van der Waals surface area contributed by atoms with Crippen LogP contribution < -0.4 is 0 Å². The van der Waals surface area contributed by atoms with E-state index in [9.17, 15) is 4.79 Å². The normalized spacial score (nSPS) is 22.1. The van der Waals surface area contributed by atoms with Gasteiger partial charge in [-0.25, -0.2) is 0 Å². The topological polar surface area (TPSA) is 53.3 Å². The number of hydrogen-bond donors (Lipinski definition) is 0. The van der Waals surface area contributed by atoms with Crippen molar-refractivity contribution in [1.82, 2.24) is 4.90 Å². The number of carbonyl (C=O) groups excluding carboxylic acids is 1. The minimum Gasteiger partial charge on any atom is -0.360 e. The molecular weight excluding hydrogens is 180 g/mol. The van der Waals surface area contributed by atoms with Crippen molar-refractivity contribution < 1.29 is 9.53 Å². The van der Waals surface area contributed by atoms with Crippen LogP contribution in [0.4, 0.5) is 0 Å². The molecule has 0 bridgehead atoms. The van der Waals surface area contributed by atoms with Gasteiger partial charge >= 0.3 is 0 Å². The summed E-state index contributed by atoms with van der Waals surface area (Å²) in [6.07, 6.45) is 0.109. The van der Waals surface area contributed by atoms with Gasteiger partial charge in [-0.1, -0.05) is 13.8 Å². The average molecular weight is 196 g/mol. The number of ether oxygens (including phenoxy) is 1. The molecule has 0 radical (unpaired) electrons. The molecule has 0 spiro atoms. The maximum absolute atomic E-state index is 11.6. The van der Waals surface area contributed by atoms with Gasteiger partial charge in [0.05, 0.1) is 19.2 Å². The fourth-order valence-corrected chi connectivity index (χ4v) is 1.43. The standard InChI is InChI=1S/C10H16N2O2/c1-8(2)5-10(13)12-3-4-14-9(6-11)7-12/h8-9H,3-5,7H2,1-2H3. The Bertz CT molecular complexity index is 245. The Balaban J connectivity index is 2.44. The van der Waals surface area contributed by atoms with Gasteiger partial charge in [-0.15, -0.1) is 0 Å². The van der Waals surface area contributed by atoms with Crippen LogP contribution in [0.3, 0.4) is 0 Å². The molecule has 0 aromatic carbocycles. The second kappa shape index (κ2) is 4.97. The summed E-state index contributed by atoms with van der Waals surface area (Å²) in [7, 11) is 0. The Labute approximate surface area is 84.4 Å². The lowest BCUT2D eigenvalue weighted by Gasteiger charge is -2.30. The minimum atomic E-state index is -0.445. The third kappa shape index (κ3) is 3.00. The SMILES string of the molecule is CC(C)CC(=O)N1CCOC(C#N)C1. The zero-order valence-electron chi connectivity index (χ0n) is 8.69. The molecule has 1 heterocycles. The monoisotopic (exact) mass is 196 g/mol. The summed E-state index contributed by atoms with van der Waals surface area (Å²) in [6, 6.07) is 2.03. The molecule has 1 unspecified atom stereocenters. The zero-order chi connectivity index (χ0) is 10.6. The fraction of sp³-hybridized carbons (Fsp3) is 0.800. The van der Waals surface area contributed by atoms with Crippen LogP contribution in [-0.4, -0.2) is 36.6 Å². The Hall–Kier alpha value is -1.08. The van der Waals surface area contributed by atoms with Gasteiger partial charge in [0.15, 0.2) is 6.10 Å². The van der Waals surface area contributed by atoms with E-state index >= 15 is 0 Å². The summed E-state index contributed by atoms with van der Waals surface area (Å²) >= 11 is 0. The molecule has 0 aromatic rings. The third-order valence-corrected chi connectivity index (χ3v) is 2.15. The van der Waals surface area contributed by atoms with E-state index in [0.29, 0.717) is 32.0 Å². The second-order valence-corrected chi connectivity index (χ2v) is 3.93. The third-order valence-electron chi connectivity index (χ3n) is 2.15. The van der Waals surface area contributed by atoms with E-state index in [4.69, 9.17) is 10.00 Å². The minimum absolute atomic E-state index is 0.128. The van der Waals surface area contributed by atoms with E-state index in [-0.39, 0.29) is 5.91 Å². The lowest BCUT2D eigenvalue weighted by Crippen LogP contribution is -2.45. The zero-order valence-corrected chi connectivity index (χ0v) is 8.69. The molecular formula is C10H16N2O2. The summed E-state index contributed by atoms with van der Waals surface area (Å²) in [4.78, 5) is 13.4. The highest BCUT2D eigenvalue weighted by molar-refractivity contribution is 5.76. The molecule has 0 aliphatic carbocycles. The maximum atomic E-state index is 11.6. The molecule has 0 saturated carbocycles. The first-order valence-corrected chi connectivity index (χ1v) is 4.92. The predicted octanol–water partition coefficient (Wildman–Crippen LogP) is 0.783. The van der Waals surface area contributed by atoms with Crippen molar-refractivity contribution in [1.29, 1.82) is 5.26 Å². The first-order valence-electron chi connectivity index (χ1n) is 4.92. The average Bonchev–Trinajstić information content (AvgIpc) is 2.17. The molecule has 14 heavy (non-hydrogen) atoms. The van der Waals surface area contributed by atoms with Crippen molar-refractivity contribution in [3.63, 3.8) is 0 Å². The molecule has 1 amide bonds. The van der Waals surface area contributed by atoms with Crippen molar-refractivity contribution >= 4 is 5.91 Å². The van der Waals surface area contributed by atoms with Crippen LogP contribution in [-0.2, 0) is 9.53 Å². The van der Waals surface area contributed by atoms with Gasteiger partial charge in [0, 0.05) is 13.0 Å². The molecule has 1 aliphatic heterocycles. The summed E-state index contributed by atoms with van der Waals surface area (Å²) in [6.45, 7) is 5.54. The van der Waals surface area contributed by atoms with Crippen molar-refractivity contribution in [2.45, 2.75) is 26.4 Å². The van der Waals surface area contributed by atoms with Gasteiger partial charge < -0.3 is 9.64 Å². The van der Waals surface area contributed by atoms with E-state index in [1.54, 1.807) is 4.90 Å². The molecule has 4 heteroatoms. The molecule has 1 aliphatic rings. The van der Waals surface area contributed by atoms with E-state index in [2.05, 4.69) is 0 Å². The van der Waals surface area contributed by atoms with Crippen LogP contribution in [0.2, 0.25) is 0 Å². The highest BCUT2D eigenvalue weighted by atomic mass is 16.5. The predicted molar refractivity (Wildman–Crippen MR) is 51.4 cm³/mol. The highest BCUT2D eigenvalue weighted by Gasteiger charge is 2.23. The molecule has 0 N–H and O–H groups in total. The number of nitrogens with zero attached hydrogens (tertiary/aromatic N) is 2. The lowest BCUT2D eigenvalue weighted by molar-refractivity contribution is -0.137. The number of amides is 1. The first-order chi connectivity index (χ1) is 6.63. The van der Waals surface area contributed by atoms with Crippen molar-refractivity contribution in [2.24, 2.45) is 5.92 Å². The summed E-state index contributed by atoms with van der Waals surface area (Å²) in [5, 5.41) is 8.66. The van der Waals surface area contributed by atoms with Gasteiger partial charge in [-0.2, -0.15) is 5.26 Å². The molecule has 4 nitrogen and oxygen atoms in total. The first kappa shape index (κ1) is 11.0. The molecule has 1 atom stereocenters. The largest absolute Gasteiger partial charge is 0.360 e. The van der Waals surface area contributed by atoms with Gasteiger partial charge in [0.1, 0.15) is 0 Å². The van der Waals surface area contributed by atoms with Crippen molar-refractivity contribution in [3.8, 4) is 6.07 Å². The second-order valence-electron chi connectivity index (χ2n) is 3.93. The Kier molecular flexibility index (Phi) is 3.90. The number of rotatable bonds is 2. The van der Waals surface area contributed by atoms with E-state index in [0.717, 1.165) is 0 Å². The summed E-state index contributed by atoms with van der Waals surface area (Å²) in [5.74, 6) is 0.495. The van der Waals surface area contributed by atoms with Crippen LogP contribution in [0.1, 0.15) is 20.3 Å². The molecule has 78 valence electrons. The quantitative estimate of drug-likeness (QED) is 0.656. The van der Waals surface area contributed by atoms with Crippen LogP contribution in [0.25, 0.3) is 0 Å². The van der Waals surface area contributed by atoms with Crippen LogP contribution in [0.5, 0.6) is 0 Å². The Morgan fingerprint density at radius 3 is 3.00 bits per heavy atom. The smallest absolute Gasteiger partial charge is 0.223 e. The molecule has 1 saturated heterocycles. The van der Waals surface area contributed by atoms with Crippen LogP contribution in [0.15, 0.2) is 0 Å². The van der Waals surface area contributed by atoms with E-state index in [1.165, 1.54) is 0 Å². The lowest BCUT2D eigenvalue weighted by atomic mass is 10.1. The Morgan fingerprint density at radius 2 is 2.43 bits per heavy atom. The van der Waals surface area contributed by atoms with Crippen molar-refractivity contribution in [3.05, 3.63) is 0 Å². The number of carbonyl (C=O) groups is 1. The fourth-order valence-electron chi connectivity index (χ4n) is 1.43. The maximum Gasteiger partial charge on any atom is 0.223 e. The molecule has 1 rings (SSSR count). The Morgan fingerprint density at radius 1 is 1.71 bits per heavy atom. The number of nitriles is 1. The van der Waals surface area contributed by atoms with Gasteiger partial charge in [0.25, 0.3) is 0 Å². The van der Waals surface area contributed by atoms with E-state index < -0.39 is 6.10 Å².